The van der Waals surface area contributed by atoms with E-state index in [1.54, 1.807) is 12.3 Å². The predicted octanol–water partition coefficient (Wildman–Crippen LogP) is 3.08. The van der Waals surface area contributed by atoms with Crippen LogP contribution in [-0.4, -0.2) is 26.2 Å². The Morgan fingerprint density at radius 1 is 1.21 bits per heavy atom. The fraction of sp³-hybridized carbons (Fsp3) is 0.353. The highest BCUT2D eigenvalue weighted by molar-refractivity contribution is 5.63. The molecule has 5 rings (SSSR count). The fourth-order valence-electron chi connectivity index (χ4n) is 3.27. The number of ether oxygens (including phenoxy) is 1. The smallest absolute Gasteiger partial charge is 0.203 e. The van der Waals surface area contributed by atoms with Crippen LogP contribution in [0.15, 0.2) is 30.6 Å². The molecule has 1 aromatic carbocycles. The van der Waals surface area contributed by atoms with E-state index < -0.39 is 0 Å². The number of para-hydroxylation sites is 1. The number of nitrogens with one attached hydrogen (secondary N) is 1. The van der Waals surface area contributed by atoms with Gasteiger partial charge in [-0.05, 0) is 18.9 Å². The normalized spacial score (nSPS) is 19.8. The third-order valence-electron chi connectivity index (χ3n) is 4.63. The van der Waals surface area contributed by atoms with E-state index in [4.69, 9.17) is 4.74 Å². The number of fused-ring (bicyclic) bond motifs is 2. The molecule has 0 saturated heterocycles. The van der Waals surface area contributed by atoms with Crippen LogP contribution >= 0.6 is 0 Å². The minimum absolute atomic E-state index is 0.0655. The molecule has 24 heavy (non-hydrogen) atoms. The Morgan fingerprint density at radius 3 is 3.00 bits per heavy atom. The van der Waals surface area contributed by atoms with Crippen molar-refractivity contribution in [2.75, 3.05) is 11.9 Å². The first kappa shape index (κ1) is 13.7. The van der Waals surface area contributed by atoms with Crippen molar-refractivity contribution in [3.05, 3.63) is 47.8 Å². The van der Waals surface area contributed by atoms with Gasteiger partial charge in [-0.1, -0.05) is 12.1 Å². The second-order valence-electron chi connectivity index (χ2n) is 6.29. The standard InChI is InChI=1S/C17H16FN5O/c18-12-3-1-2-11-13(6-9-24-14(11)12)20-15-17-22-21-16(10-4-5-10)23(17)8-7-19-15/h1-3,7-8,10,13H,4-6,9H2,(H,19,20)/t13-/m0/s1. The monoisotopic (exact) mass is 325 g/mol. The van der Waals surface area contributed by atoms with Crippen molar-refractivity contribution in [2.24, 2.45) is 0 Å². The van der Waals surface area contributed by atoms with Crippen LogP contribution in [-0.2, 0) is 0 Å². The lowest BCUT2D eigenvalue weighted by atomic mass is 10.0. The zero-order valence-corrected chi connectivity index (χ0v) is 12.9. The molecular weight excluding hydrogens is 309 g/mol. The van der Waals surface area contributed by atoms with Gasteiger partial charge in [0.05, 0.1) is 12.6 Å². The minimum atomic E-state index is -0.330. The molecule has 6 nitrogen and oxygen atoms in total. The highest BCUT2D eigenvalue weighted by Crippen LogP contribution is 2.40. The van der Waals surface area contributed by atoms with Crippen LogP contribution in [0.3, 0.4) is 0 Å². The third kappa shape index (κ3) is 2.11. The first-order valence-electron chi connectivity index (χ1n) is 8.18. The van der Waals surface area contributed by atoms with Gasteiger partial charge < -0.3 is 10.1 Å². The highest BCUT2D eigenvalue weighted by Gasteiger charge is 2.30. The second kappa shape index (κ2) is 5.15. The quantitative estimate of drug-likeness (QED) is 0.802. The molecule has 0 bridgehead atoms. The minimum Gasteiger partial charge on any atom is -0.490 e. The number of rotatable bonds is 3. The van der Waals surface area contributed by atoms with Gasteiger partial charge in [0.15, 0.2) is 17.4 Å². The summed E-state index contributed by atoms with van der Waals surface area (Å²) >= 11 is 0. The maximum Gasteiger partial charge on any atom is 0.203 e. The summed E-state index contributed by atoms with van der Waals surface area (Å²) in [5, 5.41) is 12.0. The van der Waals surface area contributed by atoms with E-state index in [0.29, 0.717) is 29.7 Å². The number of benzene rings is 1. The van der Waals surface area contributed by atoms with Crippen LogP contribution in [0.5, 0.6) is 5.75 Å². The van der Waals surface area contributed by atoms with Crippen LogP contribution in [0, 0.1) is 5.82 Å². The lowest BCUT2D eigenvalue weighted by molar-refractivity contribution is 0.260. The molecule has 2 aromatic heterocycles. The molecule has 0 spiro atoms. The fourth-order valence-corrected chi connectivity index (χ4v) is 3.27. The Morgan fingerprint density at radius 2 is 2.12 bits per heavy atom. The van der Waals surface area contributed by atoms with Crippen molar-refractivity contribution in [1.29, 1.82) is 0 Å². The Kier molecular flexibility index (Phi) is 2.95. The molecule has 1 aliphatic heterocycles. The van der Waals surface area contributed by atoms with Gasteiger partial charge in [-0.25, -0.2) is 9.37 Å². The third-order valence-corrected chi connectivity index (χ3v) is 4.63. The van der Waals surface area contributed by atoms with Crippen molar-refractivity contribution in [3.63, 3.8) is 0 Å². The molecule has 2 aliphatic rings. The molecule has 1 saturated carbocycles. The van der Waals surface area contributed by atoms with Crippen LogP contribution in [0.2, 0.25) is 0 Å². The van der Waals surface area contributed by atoms with E-state index in [1.165, 1.54) is 18.9 Å². The van der Waals surface area contributed by atoms with E-state index in [1.807, 2.05) is 16.7 Å². The van der Waals surface area contributed by atoms with Crippen molar-refractivity contribution in [3.8, 4) is 5.75 Å². The predicted molar refractivity (Wildman–Crippen MR) is 85.6 cm³/mol. The maximum atomic E-state index is 13.9. The number of aromatic nitrogens is 4. The molecule has 0 unspecified atom stereocenters. The Bertz CT molecular complexity index is 920. The number of hydrogen-bond acceptors (Lipinski definition) is 5. The van der Waals surface area contributed by atoms with Gasteiger partial charge in [-0.15, -0.1) is 10.2 Å². The van der Waals surface area contributed by atoms with Crippen LogP contribution in [0.25, 0.3) is 5.65 Å². The zero-order chi connectivity index (χ0) is 16.1. The Balaban J connectivity index is 1.53. The largest absolute Gasteiger partial charge is 0.490 e. The van der Waals surface area contributed by atoms with Gasteiger partial charge in [0.1, 0.15) is 5.82 Å². The van der Waals surface area contributed by atoms with Gasteiger partial charge in [0.25, 0.3) is 0 Å². The summed E-state index contributed by atoms with van der Waals surface area (Å²) in [6, 6.07) is 4.94. The Hall–Kier alpha value is -2.70. The molecule has 3 heterocycles. The van der Waals surface area contributed by atoms with Crippen molar-refractivity contribution < 1.29 is 9.13 Å². The summed E-state index contributed by atoms with van der Waals surface area (Å²) in [7, 11) is 0. The Labute approximate surface area is 137 Å². The van der Waals surface area contributed by atoms with Crippen molar-refractivity contribution in [2.45, 2.75) is 31.2 Å². The maximum absolute atomic E-state index is 13.9. The summed E-state index contributed by atoms with van der Waals surface area (Å²) in [5.74, 6) is 2.16. The average molecular weight is 325 g/mol. The molecule has 1 N–H and O–H groups in total. The molecule has 0 amide bonds. The number of anilines is 1. The molecular formula is C17H16FN5O. The van der Waals surface area contributed by atoms with E-state index in [9.17, 15) is 4.39 Å². The summed E-state index contributed by atoms with van der Waals surface area (Å²) in [5.41, 5.74) is 1.52. The molecule has 0 radical (unpaired) electrons. The van der Waals surface area contributed by atoms with Gasteiger partial charge >= 0.3 is 0 Å². The van der Waals surface area contributed by atoms with Crippen LogP contribution in [0.4, 0.5) is 10.2 Å². The zero-order valence-electron chi connectivity index (χ0n) is 12.9. The van der Waals surface area contributed by atoms with Gasteiger partial charge in [-0.2, -0.15) is 0 Å². The van der Waals surface area contributed by atoms with E-state index in [-0.39, 0.29) is 11.9 Å². The first-order valence-corrected chi connectivity index (χ1v) is 8.18. The summed E-state index contributed by atoms with van der Waals surface area (Å²) in [6.07, 6.45) is 6.71. The molecule has 3 aromatic rings. The van der Waals surface area contributed by atoms with Crippen molar-refractivity contribution >= 4 is 11.5 Å². The van der Waals surface area contributed by atoms with Crippen molar-refractivity contribution in [1.82, 2.24) is 19.6 Å². The van der Waals surface area contributed by atoms with Gasteiger partial charge in [0.2, 0.25) is 5.65 Å². The number of hydrogen-bond donors (Lipinski definition) is 1. The highest BCUT2D eigenvalue weighted by atomic mass is 19.1. The second-order valence-corrected chi connectivity index (χ2v) is 6.29. The van der Waals surface area contributed by atoms with Crippen LogP contribution < -0.4 is 10.1 Å². The van der Waals surface area contributed by atoms with E-state index >= 15 is 0 Å². The number of nitrogens with zero attached hydrogens (tertiary/aromatic N) is 4. The van der Waals surface area contributed by atoms with Gasteiger partial charge in [-0.3, -0.25) is 4.40 Å². The van der Waals surface area contributed by atoms with Gasteiger partial charge in [0, 0.05) is 30.3 Å². The lowest BCUT2D eigenvalue weighted by Gasteiger charge is -2.27. The molecule has 1 atom stereocenters. The lowest BCUT2D eigenvalue weighted by Crippen LogP contribution is -2.22. The molecule has 1 fully saturated rings. The molecule has 122 valence electrons. The van der Waals surface area contributed by atoms with E-state index in [2.05, 4.69) is 20.5 Å². The summed E-state index contributed by atoms with van der Waals surface area (Å²) < 4.78 is 21.4. The molecule has 1 aliphatic carbocycles. The summed E-state index contributed by atoms with van der Waals surface area (Å²) in [6.45, 7) is 0.467. The topological polar surface area (TPSA) is 64.3 Å². The number of halogens is 1. The van der Waals surface area contributed by atoms with E-state index in [0.717, 1.165) is 17.8 Å². The SMILES string of the molecule is Fc1cccc2c1OCC[C@@H]2Nc1nccn2c(C3CC3)nnc12. The van der Waals surface area contributed by atoms with Crippen LogP contribution in [0.1, 0.15) is 42.6 Å². The molecule has 7 heteroatoms. The first-order chi connectivity index (χ1) is 11.8. The summed E-state index contributed by atoms with van der Waals surface area (Å²) in [4.78, 5) is 4.42. The average Bonchev–Trinajstić information content (AvgIpc) is 3.35.